The van der Waals surface area contributed by atoms with E-state index < -0.39 is 0 Å². The van der Waals surface area contributed by atoms with Gasteiger partial charge in [-0.05, 0) is 25.1 Å². The van der Waals surface area contributed by atoms with E-state index in [0.717, 1.165) is 0 Å². The lowest BCUT2D eigenvalue weighted by molar-refractivity contribution is 0.0957. The van der Waals surface area contributed by atoms with Crippen LogP contribution in [-0.2, 0) is 0 Å². The molecule has 0 aromatic heterocycles. The minimum absolute atomic E-state index is 0.114. The molecule has 3 nitrogen and oxygen atoms in total. The maximum atomic E-state index is 11.5. The van der Waals surface area contributed by atoms with E-state index in [1.165, 1.54) is 0 Å². The summed E-state index contributed by atoms with van der Waals surface area (Å²) < 4.78 is 5.30. The Balaban J connectivity index is 2.71. The molecule has 0 saturated carbocycles. The van der Waals surface area contributed by atoms with Gasteiger partial charge in [0.2, 0.25) is 0 Å². The first kappa shape index (κ1) is 11.3. The van der Waals surface area contributed by atoms with Gasteiger partial charge in [0.25, 0.3) is 5.91 Å². The molecular formula is C12H15NO2. The molecule has 1 N–H and O–H groups in total. The number of carbonyl (C=O) groups excluding carboxylic acids is 1. The number of nitrogens with one attached hydrogen (secondary N) is 1. The number of hydrogen-bond acceptors (Lipinski definition) is 2. The molecule has 0 bridgehead atoms. The Morgan fingerprint density at radius 1 is 1.60 bits per heavy atom. The molecule has 0 unspecified atom stereocenters. The van der Waals surface area contributed by atoms with E-state index in [4.69, 9.17) is 4.74 Å². The number of carbonyl (C=O) groups is 1. The summed E-state index contributed by atoms with van der Waals surface area (Å²) >= 11 is 0. The summed E-state index contributed by atoms with van der Waals surface area (Å²) in [5.41, 5.74) is 0.600. The number of amides is 1. The van der Waals surface area contributed by atoms with Crippen molar-refractivity contribution in [2.24, 2.45) is 0 Å². The van der Waals surface area contributed by atoms with E-state index >= 15 is 0 Å². The summed E-state index contributed by atoms with van der Waals surface area (Å²) in [6.45, 7) is 6.51. The average molecular weight is 205 g/mol. The molecular weight excluding hydrogens is 190 g/mol. The van der Waals surface area contributed by atoms with Crippen molar-refractivity contribution in [1.82, 2.24) is 5.32 Å². The topological polar surface area (TPSA) is 38.3 Å². The minimum Gasteiger partial charge on any atom is -0.494 e. The standard InChI is InChI=1S/C12H15NO2/c1-3-8-13-12(14)10-6-5-7-11(9-10)15-4-2/h3,5-7,9H,1,4,8H2,2H3,(H,13,14). The van der Waals surface area contributed by atoms with Gasteiger partial charge in [0.1, 0.15) is 5.75 Å². The van der Waals surface area contributed by atoms with Crippen LogP contribution in [0.25, 0.3) is 0 Å². The molecule has 0 aliphatic rings. The monoisotopic (exact) mass is 205 g/mol. The summed E-state index contributed by atoms with van der Waals surface area (Å²) in [5.74, 6) is 0.597. The molecule has 80 valence electrons. The predicted molar refractivity (Wildman–Crippen MR) is 60.1 cm³/mol. The van der Waals surface area contributed by atoms with Crippen molar-refractivity contribution in [2.45, 2.75) is 6.92 Å². The van der Waals surface area contributed by atoms with Gasteiger partial charge >= 0.3 is 0 Å². The quantitative estimate of drug-likeness (QED) is 0.747. The van der Waals surface area contributed by atoms with Crippen molar-refractivity contribution in [3.05, 3.63) is 42.5 Å². The molecule has 1 amide bonds. The number of benzene rings is 1. The Kier molecular flexibility index (Phi) is 4.41. The summed E-state index contributed by atoms with van der Waals surface area (Å²) in [6.07, 6.45) is 1.64. The highest BCUT2D eigenvalue weighted by molar-refractivity contribution is 5.94. The molecule has 0 fully saturated rings. The highest BCUT2D eigenvalue weighted by Gasteiger charge is 2.04. The number of rotatable bonds is 5. The van der Waals surface area contributed by atoms with Crippen LogP contribution in [0.1, 0.15) is 17.3 Å². The lowest BCUT2D eigenvalue weighted by Crippen LogP contribution is -2.23. The van der Waals surface area contributed by atoms with Gasteiger partial charge in [-0.2, -0.15) is 0 Å². The molecule has 3 heteroatoms. The third-order valence-corrected chi connectivity index (χ3v) is 1.81. The van der Waals surface area contributed by atoms with Crippen LogP contribution >= 0.6 is 0 Å². The van der Waals surface area contributed by atoms with Crippen molar-refractivity contribution in [3.8, 4) is 5.75 Å². The molecule has 0 aliphatic heterocycles. The second-order valence-electron chi connectivity index (χ2n) is 2.96. The van der Waals surface area contributed by atoms with E-state index in [1.54, 1.807) is 24.3 Å². The normalized spacial score (nSPS) is 9.40. The summed E-state index contributed by atoms with van der Waals surface area (Å²) in [5, 5.41) is 2.71. The second kappa shape index (κ2) is 5.86. The van der Waals surface area contributed by atoms with Gasteiger partial charge in [-0.1, -0.05) is 12.1 Å². The van der Waals surface area contributed by atoms with E-state index in [2.05, 4.69) is 11.9 Å². The van der Waals surface area contributed by atoms with Crippen LogP contribution in [0.4, 0.5) is 0 Å². The van der Waals surface area contributed by atoms with Gasteiger partial charge in [0.05, 0.1) is 6.61 Å². The molecule has 0 radical (unpaired) electrons. The lowest BCUT2D eigenvalue weighted by atomic mass is 10.2. The molecule has 0 saturated heterocycles. The Labute approximate surface area is 89.8 Å². The molecule has 15 heavy (non-hydrogen) atoms. The molecule has 0 atom stereocenters. The Bertz CT molecular complexity index is 347. The zero-order valence-electron chi connectivity index (χ0n) is 8.82. The smallest absolute Gasteiger partial charge is 0.251 e. The minimum atomic E-state index is -0.114. The summed E-state index contributed by atoms with van der Waals surface area (Å²) in [4.78, 5) is 11.5. The van der Waals surface area contributed by atoms with Gasteiger partial charge in [-0.3, -0.25) is 4.79 Å². The highest BCUT2D eigenvalue weighted by Crippen LogP contribution is 2.12. The van der Waals surface area contributed by atoms with Crippen LogP contribution in [0.15, 0.2) is 36.9 Å². The lowest BCUT2D eigenvalue weighted by Gasteiger charge is -2.05. The zero-order valence-corrected chi connectivity index (χ0v) is 8.82. The van der Waals surface area contributed by atoms with Crippen LogP contribution < -0.4 is 10.1 Å². The molecule has 1 aromatic carbocycles. The van der Waals surface area contributed by atoms with E-state index in [1.807, 2.05) is 13.0 Å². The zero-order chi connectivity index (χ0) is 11.1. The van der Waals surface area contributed by atoms with Crippen LogP contribution in [-0.4, -0.2) is 19.1 Å². The molecule has 1 rings (SSSR count). The average Bonchev–Trinajstić information content (AvgIpc) is 2.27. The number of ether oxygens (including phenoxy) is 1. The summed E-state index contributed by atoms with van der Waals surface area (Å²) in [7, 11) is 0. The molecule has 0 aliphatic carbocycles. The molecule has 0 heterocycles. The van der Waals surface area contributed by atoms with Gasteiger partial charge < -0.3 is 10.1 Å². The van der Waals surface area contributed by atoms with Crippen LogP contribution in [0.2, 0.25) is 0 Å². The SMILES string of the molecule is C=CCNC(=O)c1cccc(OCC)c1. The maximum absolute atomic E-state index is 11.5. The van der Waals surface area contributed by atoms with Gasteiger partial charge in [-0.15, -0.1) is 6.58 Å². The number of hydrogen-bond donors (Lipinski definition) is 1. The third-order valence-electron chi connectivity index (χ3n) is 1.81. The fourth-order valence-corrected chi connectivity index (χ4v) is 1.16. The van der Waals surface area contributed by atoms with Gasteiger partial charge in [0, 0.05) is 12.1 Å². The maximum Gasteiger partial charge on any atom is 0.251 e. The molecule has 1 aromatic rings. The predicted octanol–water partition coefficient (Wildman–Crippen LogP) is 2.00. The van der Waals surface area contributed by atoms with Crippen LogP contribution in [0, 0.1) is 0 Å². The van der Waals surface area contributed by atoms with Gasteiger partial charge in [-0.25, -0.2) is 0 Å². The fourth-order valence-electron chi connectivity index (χ4n) is 1.16. The van der Waals surface area contributed by atoms with E-state index in [0.29, 0.717) is 24.5 Å². The highest BCUT2D eigenvalue weighted by atomic mass is 16.5. The van der Waals surface area contributed by atoms with E-state index in [9.17, 15) is 4.79 Å². The van der Waals surface area contributed by atoms with Crippen molar-refractivity contribution in [3.63, 3.8) is 0 Å². The van der Waals surface area contributed by atoms with Crippen molar-refractivity contribution < 1.29 is 9.53 Å². The van der Waals surface area contributed by atoms with Gasteiger partial charge in [0.15, 0.2) is 0 Å². The van der Waals surface area contributed by atoms with Crippen LogP contribution in [0.5, 0.6) is 5.75 Å². The van der Waals surface area contributed by atoms with E-state index in [-0.39, 0.29) is 5.91 Å². The Morgan fingerprint density at radius 3 is 3.07 bits per heavy atom. The second-order valence-corrected chi connectivity index (χ2v) is 2.96. The van der Waals surface area contributed by atoms with Crippen LogP contribution in [0.3, 0.4) is 0 Å². The van der Waals surface area contributed by atoms with Crippen molar-refractivity contribution in [1.29, 1.82) is 0 Å². The summed E-state index contributed by atoms with van der Waals surface area (Å²) in [6, 6.07) is 7.10. The first-order valence-corrected chi connectivity index (χ1v) is 4.90. The van der Waals surface area contributed by atoms with Crippen molar-refractivity contribution >= 4 is 5.91 Å². The largest absolute Gasteiger partial charge is 0.494 e. The first-order valence-electron chi connectivity index (χ1n) is 4.90. The Hall–Kier alpha value is -1.77. The first-order chi connectivity index (χ1) is 7.27. The fraction of sp³-hybridized carbons (Fsp3) is 0.250. The Morgan fingerprint density at radius 2 is 2.40 bits per heavy atom. The molecule has 0 spiro atoms. The van der Waals surface area contributed by atoms with Crippen molar-refractivity contribution in [2.75, 3.05) is 13.2 Å². The third kappa shape index (κ3) is 3.46.